The fraction of sp³-hybridized carbons (Fsp3) is 0.467. The number of hydrogen-bond acceptors (Lipinski definition) is 3. The molecule has 6 nitrogen and oxygen atoms in total. The summed E-state index contributed by atoms with van der Waals surface area (Å²) in [7, 11) is 0. The first-order chi connectivity index (χ1) is 10.2. The second-order valence-electron chi connectivity index (χ2n) is 5.40. The predicted octanol–water partition coefficient (Wildman–Crippen LogP) is 2.43. The number of H-pyrrole nitrogens is 1. The minimum Gasteiger partial charge on any atom is -0.381 e. The van der Waals surface area contributed by atoms with Crippen LogP contribution in [0.5, 0.6) is 0 Å². The van der Waals surface area contributed by atoms with Crippen LogP contribution in [0.1, 0.15) is 40.6 Å². The molecule has 2 aromatic heterocycles. The minimum atomic E-state index is -0.108. The van der Waals surface area contributed by atoms with E-state index in [1.54, 1.807) is 18.5 Å². The molecule has 3 heterocycles. The summed E-state index contributed by atoms with van der Waals surface area (Å²) < 4.78 is 7.38. The third kappa shape index (κ3) is 2.71. The van der Waals surface area contributed by atoms with Gasteiger partial charge in [-0.25, -0.2) is 0 Å². The summed E-state index contributed by atoms with van der Waals surface area (Å²) in [5.41, 5.74) is 3.28. The number of nitrogens with zero attached hydrogens (tertiary/aromatic N) is 2. The van der Waals surface area contributed by atoms with E-state index in [1.807, 2.05) is 18.5 Å². The second-order valence-corrected chi connectivity index (χ2v) is 5.40. The lowest BCUT2D eigenvalue weighted by atomic mass is 10.1. The van der Waals surface area contributed by atoms with Crippen LogP contribution >= 0.6 is 0 Å². The molecule has 112 valence electrons. The highest BCUT2D eigenvalue weighted by Gasteiger charge is 2.20. The monoisotopic (exact) mass is 288 g/mol. The zero-order valence-corrected chi connectivity index (χ0v) is 12.3. The van der Waals surface area contributed by atoms with E-state index in [4.69, 9.17) is 4.74 Å². The molecule has 0 unspecified atom stereocenters. The molecule has 3 rings (SSSR count). The Kier molecular flexibility index (Phi) is 3.79. The Labute approximate surface area is 123 Å². The molecule has 1 aliphatic heterocycles. The molecule has 0 radical (unpaired) electrons. The number of nitrogens with one attached hydrogen (secondary N) is 2. The maximum absolute atomic E-state index is 12.2. The maximum atomic E-state index is 12.2. The van der Waals surface area contributed by atoms with Gasteiger partial charge in [-0.15, -0.1) is 0 Å². The maximum Gasteiger partial charge on any atom is 0.257 e. The summed E-state index contributed by atoms with van der Waals surface area (Å²) in [6.45, 7) is 5.41. The average molecular weight is 288 g/mol. The third-order valence-electron chi connectivity index (χ3n) is 4.03. The smallest absolute Gasteiger partial charge is 0.257 e. The van der Waals surface area contributed by atoms with Gasteiger partial charge >= 0.3 is 0 Å². The molecule has 21 heavy (non-hydrogen) atoms. The summed E-state index contributed by atoms with van der Waals surface area (Å²) in [6.07, 6.45) is 5.42. The molecule has 0 bridgehead atoms. The molecule has 2 N–H and O–H groups in total. The van der Waals surface area contributed by atoms with Gasteiger partial charge in [0.15, 0.2) is 0 Å². The van der Waals surface area contributed by atoms with Crippen molar-refractivity contribution < 1.29 is 9.53 Å². The van der Waals surface area contributed by atoms with Crippen LogP contribution in [0.25, 0.3) is 0 Å². The van der Waals surface area contributed by atoms with E-state index in [9.17, 15) is 4.79 Å². The molecule has 0 saturated carbocycles. The zero-order chi connectivity index (χ0) is 14.8. The number of amides is 1. The number of carbonyl (C=O) groups excluding carboxylic acids is 1. The van der Waals surface area contributed by atoms with Gasteiger partial charge in [-0.3, -0.25) is 9.48 Å². The lowest BCUT2D eigenvalue weighted by molar-refractivity contribution is 0.0657. The Morgan fingerprint density at radius 1 is 1.43 bits per heavy atom. The highest BCUT2D eigenvalue weighted by molar-refractivity contribution is 6.05. The first-order valence-corrected chi connectivity index (χ1v) is 7.24. The minimum absolute atomic E-state index is 0.108. The summed E-state index contributed by atoms with van der Waals surface area (Å²) in [5.74, 6) is -0.108. The molecule has 0 spiro atoms. The Bertz CT molecular complexity index is 638. The van der Waals surface area contributed by atoms with Crippen LogP contribution in [-0.4, -0.2) is 33.9 Å². The van der Waals surface area contributed by atoms with Gasteiger partial charge in [0.1, 0.15) is 0 Å². The largest absolute Gasteiger partial charge is 0.381 e. The molecular formula is C15H20N4O2. The van der Waals surface area contributed by atoms with Crippen LogP contribution in [0.2, 0.25) is 0 Å². The van der Waals surface area contributed by atoms with Crippen LogP contribution in [0, 0.1) is 13.8 Å². The summed E-state index contributed by atoms with van der Waals surface area (Å²) in [4.78, 5) is 15.3. The van der Waals surface area contributed by atoms with E-state index < -0.39 is 0 Å². The van der Waals surface area contributed by atoms with E-state index in [1.165, 1.54) is 0 Å². The molecule has 1 saturated heterocycles. The molecule has 1 aliphatic rings. The fourth-order valence-corrected chi connectivity index (χ4v) is 2.73. The van der Waals surface area contributed by atoms with Crippen molar-refractivity contribution in [1.29, 1.82) is 0 Å². The molecule has 0 atom stereocenters. The standard InChI is InChI=1S/C15H20N4O2/c1-10-13(3-6-16-10)15(20)18-14-9-17-19(11(14)2)12-4-7-21-8-5-12/h3,6,9,12,16H,4-5,7-8H2,1-2H3,(H,18,20). The van der Waals surface area contributed by atoms with Crippen molar-refractivity contribution in [2.45, 2.75) is 32.7 Å². The van der Waals surface area contributed by atoms with Crippen molar-refractivity contribution in [3.8, 4) is 0 Å². The van der Waals surface area contributed by atoms with E-state index in [0.717, 1.165) is 43.1 Å². The predicted molar refractivity (Wildman–Crippen MR) is 79.5 cm³/mol. The van der Waals surface area contributed by atoms with Gasteiger partial charge in [0.25, 0.3) is 5.91 Å². The molecule has 1 fully saturated rings. The van der Waals surface area contributed by atoms with Gasteiger partial charge in [0.2, 0.25) is 0 Å². The van der Waals surface area contributed by atoms with Gasteiger partial charge in [-0.1, -0.05) is 0 Å². The number of anilines is 1. The number of aromatic amines is 1. The highest BCUT2D eigenvalue weighted by Crippen LogP contribution is 2.25. The van der Waals surface area contributed by atoms with E-state index in [-0.39, 0.29) is 5.91 Å². The van der Waals surface area contributed by atoms with E-state index in [0.29, 0.717) is 11.6 Å². The van der Waals surface area contributed by atoms with Gasteiger partial charge < -0.3 is 15.0 Å². The van der Waals surface area contributed by atoms with Gasteiger partial charge in [-0.05, 0) is 32.8 Å². The lowest BCUT2D eigenvalue weighted by Gasteiger charge is -2.23. The van der Waals surface area contributed by atoms with Crippen LogP contribution < -0.4 is 5.32 Å². The van der Waals surface area contributed by atoms with Crippen molar-refractivity contribution in [3.05, 3.63) is 35.4 Å². The fourth-order valence-electron chi connectivity index (χ4n) is 2.73. The quantitative estimate of drug-likeness (QED) is 0.911. The number of carbonyl (C=O) groups is 1. The average Bonchev–Trinajstić information content (AvgIpc) is 3.07. The molecule has 1 amide bonds. The molecule has 0 aromatic carbocycles. The SMILES string of the molecule is Cc1[nH]ccc1C(=O)Nc1cnn(C2CCOCC2)c1C. The number of ether oxygens (including phenoxy) is 1. The summed E-state index contributed by atoms with van der Waals surface area (Å²) in [5, 5.41) is 7.37. The number of aromatic nitrogens is 3. The van der Waals surface area contributed by atoms with Crippen molar-refractivity contribution in [2.24, 2.45) is 0 Å². The van der Waals surface area contributed by atoms with Gasteiger partial charge in [0, 0.05) is 25.1 Å². The number of hydrogen-bond donors (Lipinski definition) is 2. The first kappa shape index (κ1) is 13.9. The van der Waals surface area contributed by atoms with Gasteiger partial charge in [-0.2, -0.15) is 5.10 Å². The molecular weight excluding hydrogens is 268 g/mol. The van der Waals surface area contributed by atoms with Crippen LogP contribution in [0.3, 0.4) is 0 Å². The van der Waals surface area contributed by atoms with Crippen molar-refractivity contribution >= 4 is 11.6 Å². The van der Waals surface area contributed by atoms with Crippen LogP contribution in [-0.2, 0) is 4.74 Å². The van der Waals surface area contributed by atoms with Crippen molar-refractivity contribution in [2.75, 3.05) is 18.5 Å². The Morgan fingerprint density at radius 3 is 2.86 bits per heavy atom. The van der Waals surface area contributed by atoms with Crippen molar-refractivity contribution in [1.82, 2.24) is 14.8 Å². The lowest BCUT2D eigenvalue weighted by Crippen LogP contribution is -2.21. The molecule has 6 heteroatoms. The Hall–Kier alpha value is -2.08. The summed E-state index contributed by atoms with van der Waals surface area (Å²) in [6, 6.07) is 2.14. The highest BCUT2D eigenvalue weighted by atomic mass is 16.5. The topological polar surface area (TPSA) is 71.9 Å². The third-order valence-corrected chi connectivity index (χ3v) is 4.03. The second kappa shape index (κ2) is 5.73. The Morgan fingerprint density at radius 2 is 2.19 bits per heavy atom. The van der Waals surface area contributed by atoms with E-state index >= 15 is 0 Å². The van der Waals surface area contributed by atoms with Gasteiger partial charge in [0.05, 0.1) is 29.2 Å². The molecule has 0 aliphatic carbocycles. The summed E-state index contributed by atoms with van der Waals surface area (Å²) >= 11 is 0. The zero-order valence-electron chi connectivity index (χ0n) is 12.3. The van der Waals surface area contributed by atoms with Crippen LogP contribution in [0.15, 0.2) is 18.5 Å². The van der Waals surface area contributed by atoms with Crippen molar-refractivity contribution in [3.63, 3.8) is 0 Å². The normalized spacial score (nSPS) is 16.1. The molecule has 2 aromatic rings. The Balaban J connectivity index is 1.76. The first-order valence-electron chi connectivity index (χ1n) is 7.24. The van der Waals surface area contributed by atoms with E-state index in [2.05, 4.69) is 15.4 Å². The van der Waals surface area contributed by atoms with Crippen LogP contribution in [0.4, 0.5) is 5.69 Å². The number of aryl methyl sites for hydroxylation is 1. The number of rotatable bonds is 3.